The molecule has 0 spiro atoms. The molecule has 0 bridgehead atoms. The van der Waals surface area contributed by atoms with Gasteiger partial charge in [-0.25, -0.2) is 14.4 Å². The second-order valence-corrected chi connectivity index (χ2v) is 6.99. The lowest BCUT2D eigenvalue weighted by atomic mass is 10.1. The van der Waals surface area contributed by atoms with Crippen LogP contribution in [0.2, 0.25) is 0 Å². The molecule has 0 aliphatic rings. The Balaban J connectivity index is 1.90. The van der Waals surface area contributed by atoms with Gasteiger partial charge in [0.15, 0.2) is 5.16 Å². The number of anilines is 3. The summed E-state index contributed by atoms with van der Waals surface area (Å²) in [5.74, 6) is -0.998. The molecular weight excluding hydrogens is 365 g/mol. The van der Waals surface area contributed by atoms with Crippen LogP contribution < -0.4 is 16.8 Å². The van der Waals surface area contributed by atoms with E-state index in [2.05, 4.69) is 15.3 Å². The van der Waals surface area contributed by atoms with E-state index in [0.29, 0.717) is 16.5 Å². The zero-order chi connectivity index (χ0) is 19.6. The molecule has 8 heteroatoms. The van der Waals surface area contributed by atoms with Crippen molar-refractivity contribution in [3.05, 3.63) is 65.2 Å². The fourth-order valence-electron chi connectivity index (χ4n) is 2.50. The van der Waals surface area contributed by atoms with Gasteiger partial charge < -0.3 is 16.8 Å². The average Bonchev–Trinajstić information content (AvgIpc) is 2.56. The standard InChI is InChI=1S/C19H18FN5OS/c1-10-6-11(2)24-19(23-10)27-17-8-14(16(22)9-15(17)20)18(26)25-13-5-3-4-12(21)7-13/h3-9H,21-22H2,1-2H3,(H,25,26). The molecule has 1 heterocycles. The van der Waals surface area contributed by atoms with E-state index in [9.17, 15) is 9.18 Å². The first-order valence-corrected chi connectivity index (χ1v) is 8.89. The minimum Gasteiger partial charge on any atom is -0.399 e. The van der Waals surface area contributed by atoms with E-state index < -0.39 is 11.7 Å². The minimum atomic E-state index is -0.541. The Kier molecular flexibility index (Phi) is 5.27. The van der Waals surface area contributed by atoms with Gasteiger partial charge in [0, 0.05) is 28.5 Å². The number of amides is 1. The van der Waals surface area contributed by atoms with Gasteiger partial charge in [-0.3, -0.25) is 4.79 Å². The molecule has 5 N–H and O–H groups in total. The van der Waals surface area contributed by atoms with Crippen LogP contribution in [0.5, 0.6) is 0 Å². The third-order valence-corrected chi connectivity index (χ3v) is 4.55. The van der Waals surface area contributed by atoms with Crippen molar-refractivity contribution < 1.29 is 9.18 Å². The number of rotatable bonds is 4. The first kappa shape index (κ1) is 18.7. The van der Waals surface area contributed by atoms with Crippen LogP contribution in [0.1, 0.15) is 21.7 Å². The summed E-state index contributed by atoms with van der Waals surface area (Å²) in [6.07, 6.45) is 0. The van der Waals surface area contributed by atoms with Crippen molar-refractivity contribution in [3.63, 3.8) is 0 Å². The van der Waals surface area contributed by atoms with Crippen LogP contribution in [-0.2, 0) is 0 Å². The van der Waals surface area contributed by atoms with Gasteiger partial charge in [0.2, 0.25) is 0 Å². The largest absolute Gasteiger partial charge is 0.399 e. The Labute approximate surface area is 160 Å². The number of halogens is 1. The highest BCUT2D eigenvalue weighted by Gasteiger charge is 2.16. The molecule has 0 unspecified atom stereocenters. The number of carbonyl (C=O) groups is 1. The highest BCUT2D eigenvalue weighted by Crippen LogP contribution is 2.31. The molecule has 0 saturated carbocycles. The molecule has 27 heavy (non-hydrogen) atoms. The van der Waals surface area contributed by atoms with Crippen molar-refractivity contribution in [2.45, 2.75) is 23.9 Å². The molecule has 0 aliphatic carbocycles. The van der Waals surface area contributed by atoms with E-state index in [1.807, 2.05) is 19.9 Å². The normalized spacial score (nSPS) is 10.6. The molecule has 3 aromatic rings. The van der Waals surface area contributed by atoms with Gasteiger partial charge in [-0.1, -0.05) is 6.07 Å². The van der Waals surface area contributed by atoms with Gasteiger partial charge in [0.05, 0.1) is 10.5 Å². The predicted molar refractivity (Wildman–Crippen MR) is 105 cm³/mol. The second kappa shape index (κ2) is 7.63. The van der Waals surface area contributed by atoms with Gasteiger partial charge in [-0.2, -0.15) is 0 Å². The Morgan fingerprint density at radius 2 is 1.78 bits per heavy atom. The lowest BCUT2D eigenvalue weighted by Crippen LogP contribution is -2.14. The zero-order valence-corrected chi connectivity index (χ0v) is 15.6. The van der Waals surface area contributed by atoms with Crippen molar-refractivity contribution in [3.8, 4) is 0 Å². The Hall–Kier alpha value is -3.13. The van der Waals surface area contributed by atoms with Crippen molar-refractivity contribution in [1.29, 1.82) is 0 Å². The van der Waals surface area contributed by atoms with E-state index in [1.54, 1.807) is 24.3 Å². The minimum absolute atomic E-state index is 0.0413. The number of nitrogen functional groups attached to an aromatic ring is 2. The van der Waals surface area contributed by atoms with Crippen LogP contribution in [0.4, 0.5) is 21.5 Å². The fourth-order valence-corrected chi connectivity index (χ4v) is 3.41. The number of nitrogens with one attached hydrogen (secondary N) is 1. The number of nitrogens with two attached hydrogens (primary N) is 2. The SMILES string of the molecule is Cc1cc(C)nc(Sc2cc(C(=O)Nc3cccc(N)c3)c(N)cc2F)n1. The van der Waals surface area contributed by atoms with E-state index in [1.165, 1.54) is 6.07 Å². The first-order valence-electron chi connectivity index (χ1n) is 8.08. The summed E-state index contributed by atoms with van der Waals surface area (Å²) in [4.78, 5) is 21.4. The number of hydrogen-bond donors (Lipinski definition) is 3. The maximum Gasteiger partial charge on any atom is 0.257 e. The fraction of sp³-hybridized carbons (Fsp3) is 0.105. The molecule has 1 amide bonds. The van der Waals surface area contributed by atoms with E-state index in [0.717, 1.165) is 29.2 Å². The van der Waals surface area contributed by atoms with Crippen molar-refractivity contribution in [2.75, 3.05) is 16.8 Å². The lowest BCUT2D eigenvalue weighted by Gasteiger charge is -2.11. The summed E-state index contributed by atoms with van der Waals surface area (Å²) in [5, 5.41) is 3.11. The maximum absolute atomic E-state index is 14.4. The van der Waals surface area contributed by atoms with Gasteiger partial charge in [0.25, 0.3) is 5.91 Å². The van der Waals surface area contributed by atoms with Crippen molar-refractivity contribution >= 4 is 34.7 Å². The molecule has 0 aliphatic heterocycles. The second-order valence-electron chi connectivity index (χ2n) is 5.98. The summed E-state index contributed by atoms with van der Waals surface area (Å²) >= 11 is 1.04. The topological polar surface area (TPSA) is 107 Å². The molecule has 2 aromatic carbocycles. The Bertz CT molecular complexity index is 1000. The zero-order valence-electron chi connectivity index (χ0n) is 14.8. The first-order chi connectivity index (χ1) is 12.8. The van der Waals surface area contributed by atoms with Crippen LogP contribution in [0, 0.1) is 19.7 Å². The maximum atomic E-state index is 14.4. The molecule has 0 fully saturated rings. The highest BCUT2D eigenvalue weighted by molar-refractivity contribution is 7.99. The molecule has 138 valence electrons. The molecule has 0 saturated heterocycles. The number of benzene rings is 2. The van der Waals surface area contributed by atoms with Crippen LogP contribution >= 0.6 is 11.8 Å². The molecule has 3 rings (SSSR count). The van der Waals surface area contributed by atoms with E-state index >= 15 is 0 Å². The van der Waals surface area contributed by atoms with Crippen molar-refractivity contribution in [2.24, 2.45) is 0 Å². The van der Waals surface area contributed by atoms with Gasteiger partial charge in [-0.05, 0) is 62.0 Å². The third-order valence-electron chi connectivity index (χ3n) is 3.66. The molecule has 1 aromatic heterocycles. The van der Waals surface area contributed by atoms with Gasteiger partial charge in [-0.15, -0.1) is 0 Å². The number of carbonyl (C=O) groups excluding carboxylic acids is 1. The van der Waals surface area contributed by atoms with Crippen LogP contribution in [-0.4, -0.2) is 15.9 Å². The van der Waals surface area contributed by atoms with E-state index in [-0.39, 0.29) is 16.1 Å². The van der Waals surface area contributed by atoms with E-state index in [4.69, 9.17) is 11.5 Å². The summed E-state index contributed by atoms with van der Waals surface area (Å²) < 4.78 is 14.4. The number of aryl methyl sites for hydroxylation is 2. The smallest absolute Gasteiger partial charge is 0.257 e. The highest BCUT2D eigenvalue weighted by atomic mass is 32.2. The Morgan fingerprint density at radius 1 is 1.07 bits per heavy atom. The molecular formula is C19H18FN5OS. The summed E-state index contributed by atoms with van der Waals surface area (Å²) in [6, 6.07) is 11.1. The summed E-state index contributed by atoms with van der Waals surface area (Å²) in [6.45, 7) is 3.67. The van der Waals surface area contributed by atoms with Gasteiger partial charge in [0.1, 0.15) is 5.82 Å². The van der Waals surface area contributed by atoms with Crippen molar-refractivity contribution in [1.82, 2.24) is 9.97 Å². The molecule has 6 nitrogen and oxygen atoms in total. The van der Waals surface area contributed by atoms with Crippen LogP contribution in [0.25, 0.3) is 0 Å². The quantitative estimate of drug-likeness (QED) is 0.467. The average molecular weight is 383 g/mol. The van der Waals surface area contributed by atoms with Gasteiger partial charge >= 0.3 is 0 Å². The molecule has 0 radical (unpaired) electrons. The summed E-state index contributed by atoms with van der Waals surface area (Å²) in [5.41, 5.74) is 14.4. The number of nitrogens with zero attached hydrogens (tertiary/aromatic N) is 2. The predicted octanol–water partition coefficient (Wildman–Crippen LogP) is 3.80. The van der Waals surface area contributed by atoms with Crippen LogP contribution in [0.3, 0.4) is 0 Å². The monoisotopic (exact) mass is 383 g/mol. The van der Waals surface area contributed by atoms with Crippen LogP contribution in [0.15, 0.2) is 52.5 Å². The summed E-state index contributed by atoms with van der Waals surface area (Å²) in [7, 11) is 0. The number of hydrogen-bond acceptors (Lipinski definition) is 6. The number of aromatic nitrogens is 2. The Morgan fingerprint density at radius 3 is 2.44 bits per heavy atom. The molecule has 0 atom stereocenters. The third kappa shape index (κ3) is 4.53. The lowest BCUT2D eigenvalue weighted by molar-refractivity contribution is 0.102.